The van der Waals surface area contributed by atoms with Gasteiger partial charge in [0, 0.05) is 0 Å². The van der Waals surface area contributed by atoms with Gasteiger partial charge in [0.1, 0.15) is 0 Å². The third-order valence-corrected chi connectivity index (χ3v) is 1.45. The fraction of sp³-hybridized carbons (Fsp3) is 0.750. The molecule has 0 aliphatic carbocycles. The lowest BCUT2D eigenvalue weighted by atomic mass is 10.0. The molecule has 2 N–H and O–H groups in total. The highest BCUT2D eigenvalue weighted by Crippen LogP contribution is 2.03. The Kier molecular flexibility index (Phi) is 4.51. The molecule has 0 saturated heterocycles. The van der Waals surface area contributed by atoms with Crippen molar-refractivity contribution in [3.8, 4) is 0 Å². The van der Waals surface area contributed by atoms with E-state index in [0.29, 0.717) is 12.3 Å². The van der Waals surface area contributed by atoms with E-state index >= 15 is 0 Å². The summed E-state index contributed by atoms with van der Waals surface area (Å²) >= 11 is 0. The first kappa shape index (κ1) is 11.1. The van der Waals surface area contributed by atoms with Gasteiger partial charge < -0.3 is 10.5 Å². The zero-order chi connectivity index (χ0) is 9.72. The lowest BCUT2D eigenvalue weighted by Gasteiger charge is -2.10. The van der Waals surface area contributed by atoms with Gasteiger partial charge in [-0.2, -0.15) is 0 Å². The van der Waals surface area contributed by atoms with Gasteiger partial charge in [-0.25, -0.2) is 4.79 Å². The van der Waals surface area contributed by atoms with Crippen LogP contribution in [0.1, 0.15) is 20.3 Å². The smallest absolute Gasteiger partial charge is 0.376 e. The lowest BCUT2D eigenvalue weighted by Crippen LogP contribution is -2.37. The third kappa shape index (κ3) is 3.48. The Morgan fingerprint density at radius 2 is 1.92 bits per heavy atom. The van der Waals surface area contributed by atoms with Crippen molar-refractivity contribution in [1.82, 2.24) is 0 Å². The number of rotatable bonds is 4. The summed E-state index contributed by atoms with van der Waals surface area (Å²) in [6.07, 6.45) is 0.508. The number of Topliss-reactive ketones (excluding diaryl/α,β-unsaturated/α-hetero) is 1. The Balaban J connectivity index is 4.01. The monoisotopic (exact) mass is 173 g/mol. The van der Waals surface area contributed by atoms with E-state index in [0.717, 1.165) is 0 Å². The van der Waals surface area contributed by atoms with Crippen molar-refractivity contribution in [3.05, 3.63) is 0 Å². The molecule has 12 heavy (non-hydrogen) atoms. The number of esters is 1. The van der Waals surface area contributed by atoms with E-state index in [1.54, 1.807) is 0 Å². The van der Waals surface area contributed by atoms with Crippen molar-refractivity contribution in [3.63, 3.8) is 0 Å². The lowest BCUT2D eigenvalue weighted by molar-refractivity contribution is -0.152. The molecule has 0 unspecified atom stereocenters. The first-order valence-electron chi connectivity index (χ1n) is 3.86. The van der Waals surface area contributed by atoms with Gasteiger partial charge in [0.05, 0.1) is 13.2 Å². The quantitative estimate of drug-likeness (QED) is 0.483. The van der Waals surface area contributed by atoms with Gasteiger partial charge in [-0.15, -0.1) is 0 Å². The van der Waals surface area contributed by atoms with Gasteiger partial charge in [-0.1, -0.05) is 13.8 Å². The molecule has 70 valence electrons. The van der Waals surface area contributed by atoms with Crippen LogP contribution in [0.2, 0.25) is 0 Å². The Hall–Kier alpha value is -0.900. The second kappa shape index (κ2) is 4.87. The summed E-state index contributed by atoms with van der Waals surface area (Å²) in [5.74, 6) is -1.21. The largest absolute Gasteiger partial charge is 0.463 e. The van der Waals surface area contributed by atoms with E-state index < -0.39 is 17.8 Å². The Morgan fingerprint density at radius 3 is 2.25 bits per heavy atom. The van der Waals surface area contributed by atoms with Gasteiger partial charge in [-0.3, -0.25) is 4.79 Å². The molecule has 0 spiro atoms. The van der Waals surface area contributed by atoms with Crippen LogP contribution in [0, 0.1) is 5.92 Å². The zero-order valence-corrected chi connectivity index (χ0v) is 7.66. The van der Waals surface area contributed by atoms with Crippen LogP contribution >= 0.6 is 0 Å². The minimum atomic E-state index is -0.858. The maximum atomic E-state index is 11.0. The minimum absolute atomic E-state index is 0.300. The summed E-state index contributed by atoms with van der Waals surface area (Å²) < 4.78 is 4.25. The van der Waals surface area contributed by atoms with Crippen molar-refractivity contribution in [2.75, 3.05) is 7.11 Å². The zero-order valence-electron chi connectivity index (χ0n) is 7.66. The third-order valence-electron chi connectivity index (χ3n) is 1.45. The molecule has 0 bridgehead atoms. The molecule has 0 radical (unpaired) electrons. The SMILES string of the molecule is COC(=O)C(=O)[C@@H](N)CC(C)C. The predicted molar refractivity (Wildman–Crippen MR) is 44.5 cm³/mol. The molecule has 0 aromatic carbocycles. The number of carbonyl (C=O) groups is 2. The molecule has 0 aliphatic rings. The van der Waals surface area contributed by atoms with Gasteiger partial charge in [-0.05, 0) is 12.3 Å². The number of ether oxygens (including phenoxy) is 1. The van der Waals surface area contributed by atoms with Crippen molar-refractivity contribution in [2.24, 2.45) is 11.7 Å². The van der Waals surface area contributed by atoms with Gasteiger partial charge in [0.2, 0.25) is 0 Å². The van der Waals surface area contributed by atoms with Crippen LogP contribution in [0.15, 0.2) is 0 Å². The van der Waals surface area contributed by atoms with Gasteiger partial charge >= 0.3 is 5.97 Å². The molecule has 0 aromatic heterocycles. The average Bonchev–Trinajstić information content (AvgIpc) is 2.00. The van der Waals surface area contributed by atoms with Crippen molar-refractivity contribution in [1.29, 1.82) is 0 Å². The highest BCUT2D eigenvalue weighted by atomic mass is 16.5. The second-order valence-electron chi connectivity index (χ2n) is 3.09. The summed E-state index contributed by atoms with van der Waals surface area (Å²) in [6, 6.07) is -0.725. The minimum Gasteiger partial charge on any atom is -0.463 e. The predicted octanol–water partition coefficient (Wildman–Crippen LogP) is 0.102. The Bertz CT molecular complexity index is 177. The Morgan fingerprint density at radius 1 is 1.42 bits per heavy atom. The van der Waals surface area contributed by atoms with Gasteiger partial charge in [0.25, 0.3) is 5.78 Å². The molecular formula is C8H15NO3. The standard InChI is InChI=1S/C8H15NO3/c1-5(2)4-6(9)7(10)8(11)12-3/h5-6H,4,9H2,1-3H3/t6-/m0/s1. The molecule has 0 amide bonds. The number of hydrogen-bond acceptors (Lipinski definition) is 4. The molecule has 0 aliphatic heterocycles. The topological polar surface area (TPSA) is 69.4 Å². The average molecular weight is 173 g/mol. The normalized spacial score (nSPS) is 12.8. The Labute approximate surface area is 72.1 Å². The summed E-state index contributed by atoms with van der Waals surface area (Å²) in [6.45, 7) is 3.87. The van der Waals surface area contributed by atoms with Crippen LogP contribution in [0.3, 0.4) is 0 Å². The van der Waals surface area contributed by atoms with Gasteiger partial charge in [0.15, 0.2) is 0 Å². The highest BCUT2D eigenvalue weighted by Gasteiger charge is 2.22. The van der Waals surface area contributed by atoms with E-state index in [9.17, 15) is 9.59 Å². The van der Waals surface area contributed by atoms with Crippen molar-refractivity contribution in [2.45, 2.75) is 26.3 Å². The number of ketones is 1. The molecule has 0 rings (SSSR count). The molecule has 0 aromatic rings. The van der Waals surface area contributed by atoms with E-state index in [1.165, 1.54) is 7.11 Å². The number of carbonyl (C=O) groups excluding carboxylic acids is 2. The van der Waals surface area contributed by atoms with Crippen LogP contribution in [0.5, 0.6) is 0 Å². The number of methoxy groups -OCH3 is 1. The number of hydrogen-bond donors (Lipinski definition) is 1. The first-order valence-corrected chi connectivity index (χ1v) is 3.86. The summed E-state index contributed by atoms with van der Waals surface area (Å²) in [5.41, 5.74) is 5.44. The van der Waals surface area contributed by atoms with Crippen LogP contribution in [-0.4, -0.2) is 24.9 Å². The van der Waals surface area contributed by atoms with E-state index in [4.69, 9.17) is 5.73 Å². The molecular weight excluding hydrogens is 158 g/mol. The summed E-state index contributed by atoms with van der Waals surface area (Å²) in [4.78, 5) is 21.7. The van der Waals surface area contributed by atoms with E-state index in [2.05, 4.69) is 4.74 Å². The first-order chi connectivity index (χ1) is 5.49. The molecule has 0 heterocycles. The maximum Gasteiger partial charge on any atom is 0.376 e. The van der Waals surface area contributed by atoms with E-state index in [-0.39, 0.29) is 0 Å². The molecule has 0 fully saturated rings. The fourth-order valence-corrected chi connectivity index (χ4v) is 0.867. The summed E-state index contributed by atoms with van der Waals surface area (Å²) in [5, 5.41) is 0. The van der Waals surface area contributed by atoms with Crippen molar-refractivity contribution >= 4 is 11.8 Å². The summed E-state index contributed by atoms with van der Waals surface area (Å²) in [7, 11) is 1.17. The van der Waals surface area contributed by atoms with Crippen LogP contribution in [0.25, 0.3) is 0 Å². The van der Waals surface area contributed by atoms with Crippen LogP contribution in [-0.2, 0) is 14.3 Å². The van der Waals surface area contributed by atoms with Crippen molar-refractivity contribution < 1.29 is 14.3 Å². The van der Waals surface area contributed by atoms with Crippen LogP contribution < -0.4 is 5.73 Å². The van der Waals surface area contributed by atoms with Crippen LogP contribution in [0.4, 0.5) is 0 Å². The molecule has 0 saturated carbocycles. The second-order valence-corrected chi connectivity index (χ2v) is 3.09. The fourth-order valence-electron chi connectivity index (χ4n) is 0.867. The molecule has 4 nitrogen and oxygen atoms in total. The number of nitrogens with two attached hydrogens (primary N) is 1. The maximum absolute atomic E-state index is 11.0. The molecule has 4 heteroatoms. The van der Waals surface area contributed by atoms with E-state index in [1.807, 2.05) is 13.8 Å². The molecule has 1 atom stereocenters. The highest BCUT2D eigenvalue weighted by molar-refractivity contribution is 6.35.